The van der Waals surface area contributed by atoms with Gasteiger partial charge in [-0.3, -0.25) is 28.2 Å². The van der Waals surface area contributed by atoms with Crippen LogP contribution >= 0.6 is 11.6 Å². The van der Waals surface area contributed by atoms with E-state index in [1.165, 1.54) is 60.3 Å². The second kappa shape index (κ2) is 14.7. The minimum atomic E-state index is -3.93. The number of alkyl halides is 4. The van der Waals surface area contributed by atoms with Crippen molar-refractivity contribution < 1.29 is 43.9 Å². The lowest BCUT2D eigenvalue weighted by Gasteiger charge is -2.24. The number of amides is 1. The summed E-state index contributed by atoms with van der Waals surface area (Å²) in [6.45, 7) is -1.01. The molecule has 0 saturated heterocycles. The molecule has 2 aliphatic carbocycles. The maximum Gasteiger partial charge on any atom is 0.293 e. The predicted octanol–water partition coefficient (Wildman–Crippen LogP) is 7.82. The average molecular weight is 899 g/mol. The number of hydrogen-bond acceptors (Lipinski definition) is 7. The first-order valence-electron chi connectivity index (χ1n) is 18.8. The molecule has 1 saturated carbocycles. The molecule has 2 aliphatic rings. The molecule has 1 amide bonds. The number of rotatable bonds is 11. The first kappa shape index (κ1) is 41.1. The molecule has 0 radical (unpaired) electrons. The molecule has 320 valence electrons. The Bertz CT molecular complexity index is 3190. The van der Waals surface area contributed by atoms with Crippen molar-refractivity contribution in [2.24, 2.45) is 13.0 Å². The highest BCUT2D eigenvalue weighted by Gasteiger charge is 2.67. The summed E-state index contributed by atoms with van der Waals surface area (Å²) in [5.41, 5.74) is -2.41. The topological polar surface area (TPSA) is 146 Å². The summed E-state index contributed by atoms with van der Waals surface area (Å²) in [5.74, 6) is -9.86. The highest BCUT2D eigenvalue weighted by Crippen LogP contribution is 2.68. The number of nitrogens with zero attached hydrogens (tertiary/aromatic N) is 6. The maximum atomic E-state index is 15.5. The van der Waals surface area contributed by atoms with Crippen molar-refractivity contribution in [2.75, 3.05) is 11.0 Å². The van der Waals surface area contributed by atoms with Gasteiger partial charge in [0.05, 0.1) is 44.8 Å². The Balaban J connectivity index is 1.26. The van der Waals surface area contributed by atoms with Crippen molar-refractivity contribution in [1.29, 1.82) is 0 Å². The molecule has 3 atom stereocenters. The Morgan fingerprint density at radius 1 is 1.00 bits per heavy atom. The van der Waals surface area contributed by atoms with Crippen LogP contribution in [0.2, 0.25) is 5.02 Å². The summed E-state index contributed by atoms with van der Waals surface area (Å²) in [6.07, 6.45) is -2.86. The summed E-state index contributed by atoms with van der Waals surface area (Å²) in [7, 11) is -2.50. The van der Waals surface area contributed by atoms with Gasteiger partial charge >= 0.3 is 0 Å². The molecule has 21 heteroatoms. The molecule has 7 aromatic rings. The fourth-order valence-electron chi connectivity index (χ4n) is 8.44. The number of halogens is 8. The number of carbonyl (C=O) groups excluding carboxylic acids is 1. The smallest absolute Gasteiger partial charge is 0.293 e. The number of carbonyl (C=O) groups is 1. The molecular formula is C41H30ClF7N8O4S. The van der Waals surface area contributed by atoms with Gasteiger partial charge in [-0.15, -0.1) is 0 Å². The van der Waals surface area contributed by atoms with Crippen LogP contribution in [0.5, 0.6) is 0 Å². The molecule has 62 heavy (non-hydrogen) atoms. The van der Waals surface area contributed by atoms with Gasteiger partial charge in [-0.05, 0) is 65.9 Å². The zero-order chi connectivity index (χ0) is 44.2. The SMILES string of the molecule is Cn1nc(NS(C)(=O)=O)c2c(Cl)ccc(-n3c(C(Cc4cc(F)cc(F)c4)NC(=O)Cn4nc(C(F)F)c5c4C(F)(F)[C@@H]4C[C@H]54)nc4cc(-c5ccccc5F)ccc4c3=O)c21. The van der Waals surface area contributed by atoms with Crippen LogP contribution in [0.15, 0.2) is 77.6 Å². The van der Waals surface area contributed by atoms with Crippen LogP contribution in [0.25, 0.3) is 38.6 Å². The number of nitrogens with one attached hydrogen (secondary N) is 2. The van der Waals surface area contributed by atoms with E-state index in [4.69, 9.17) is 16.6 Å². The fourth-order valence-corrected chi connectivity index (χ4v) is 9.18. The van der Waals surface area contributed by atoms with E-state index >= 15 is 13.2 Å². The van der Waals surface area contributed by atoms with Gasteiger partial charge in [-0.25, -0.2) is 35.4 Å². The molecule has 9 rings (SSSR count). The third-order valence-corrected chi connectivity index (χ3v) is 11.9. The number of fused-ring (bicyclic) bond motifs is 5. The number of benzene rings is 4. The second-order valence-electron chi connectivity index (χ2n) is 15.2. The van der Waals surface area contributed by atoms with Gasteiger partial charge < -0.3 is 5.32 Å². The van der Waals surface area contributed by atoms with Crippen molar-refractivity contribution in [3.05, 3.63) is 134 Å². The molecule has 2 N–H and O–H groups in total. The summed E-state index contributed by atoms with van der Waals surface area (Å²) in [5, 5.41) is 10.6. The Morgan fingerprint density at radius 3 is 2.42 bits per heavy atom. The van der Waals surface area contributed by atoms with Gasteiger partial charge in [0.25, 0.3) is 17.9 Å². The Hall–Kier alpha value is -6.28. The third kappa shape index (κ3) is 7.03. The van der Waals surface area contributed by atoms with E-state index in [-0.39, 0.29) is 72.8 Å². The number of sulfonamides is 1. The van der Waals surface area contributed by atoms with E-state index < -0.39 is 93.5 Å². The minimum Gasteiger partial charge on any atom is -0.344 e. The quantitative estimate of drug-likeness (QED) is 0.126. The highest BCUT2D eigenvalue weighted by molar-refractivity contribution is 7.92. The van der Waals surface area contributed by atoms with Crippen LogP contribution in [-0.2, 0) is 40.8 Å². The zero-order valence-electron chi connectivity index (χ0n) is 32.1. The lowest BCUT2D eigenvalue weighted by atomic mass is 10.0. The van der Waals surface area contributed by atoms with Crippen molar-refractivity contribution in [1.82, 2.24) is 34.4 Å². The molecule has 3 heterocycles. The number of aryl methyl sites for hydroxylation is 1. The van der Waals surface area contributed by atoms with Crippen molar-refractivity contribution in [3.8, 4) is 16.8 Å². The van der Waals surface area contributed by atoms with Crippen LogP contribution in [0.3, 0.4) is 0 Å². The summed E-state index contributed by atoms with van der Waals surface area (Å²) in [4.78, 5) is 33.9. The van der Waals surface area contributed by atoms with Crippen LogP contribution in [0, 0.1) is 23.4 Å². The van der Waals surface area contributed by atoms with E-state index in [0.717, 1.165) is 23.0 Å². The van der Waals surface area contributed by atoms with Gasteiger partial charge in [0.1, 0.15) is 41.2 Å². The minimum absolute atomic E-state index is 0.00493. The number of hydrogen-bond donors (Lipinski definition) is 2. The average Bonchev–Trinajstić information content (AvgIpc) is 3.73. The molecule has 1 unspecified atom stereocenters. The second-order valence-corrected chi connectivity index (χ2v) is 17.4. The van der Waals surface area contributed by atoms with Crippen LogP contribution < -0.4 is 15.6 Å². The monoisotopic (exact) mass is 898 g/mol. The van der Waals surface area contributed by atoms with Crippen LogP contribution in [0.1, 0.15) is 53.1 Å². The van der Waals surface area contributed by atoms with E-state index in [0.29, 0.717) is 10.7 Å². The van der Waals surface area contributed by atoms with Crippen molar-refractivity contribution in [2.45, 2.75) is 43.7 Å². The molecule has 3 aromatic heterocycles. The first-order valence-corrected chi connectivity index (χ1v) is 21.0. The molecule has 12 nitrogen and oxygen atoms in total. The zero-order valence-corrected chi connectivity index (χ0v) is 33.7. The van der Waals surface area contributed by atoms with Crippen molar-refractivity contribution in [3.63, 3.8) is 0 Å². The summed E-state index contributed by atoms with van der Waals surface area (Å²) < 4.78 is 134. The van der Waals surface area contributed by atoms with E-state index in [2.05, 4.69) is 20.2 Å². The Labute approximate surface area is 351 Å². The largest absolute Gasteiger partial charge is 0.344 e. The van der Waals surface area contributed by atoms with Crippen LogP contribution in [0.4, 0.5) is 36.6 Å². The molecule has 0 aliphatic heterocycles. The lowest BCUT2D eigenvalue weighted by Crippen LogP contribution is -2.38. The lowest BCUT2D eigenvalue weighted by molar-refractivity contribution is -0.123. The molecule has 0 spiro atoms. The van der Waals surface area contributed by atoms with Gasteiger partial charge in [0.15, 0.2) is 5.82 Å². The van der Waals surface area contributed by atoms with Gasteiger partial charge in [-0.2, -0.15) is 19.0 Å². The third-order valence-electron chi connectivity index (χ3n) is 11.0. The molecule has 1 fully saturated rings. The normalized spacial score (nSPS) is 17.1. The van der Waals surface area contributed by atoms with Gasteiger partial charge in [0.2, 0.25) is 15.9 Å². The fraction of sp³-hybridized carbons (Fsp3) is 0.244. The van der Waals surface area contributed by atoms with E-state index in [1.54, 1.807) is 6.07 Å². The molecular weight excluding hydrogens is 869 g/mol. The Kier molecular flexibility index (Phi) is 9.73. The van der Waals surface area contributed by atoms with Gasteiger partial charge in [-0.1, -0.05) is 35.9 Å². The van der Waals surface area contributed by atoms with E-state index in [1.807, 2.05) is 0 Å². The van der Waals surface area contributed by atoms with Gasteiger partial charge in [0, 0.05) is 36.6 Å². The van der Waals surface area contributed by atoms with Crippen LogP contribution in [-0.4, -0.2) is 49.7 Å². The number of anilines is 1. The first-order chi connectivity index (χ1) is 29.3. The predicted molar refractivity (Wildman–Crippen MR) is 213 cm³/mol. The van der Waals surface area contributed by atoms with E-state index in [9.17, 15) is 35.6 Å². The summed E-state index contributed by atoms with van der Waals surface area (Å²) in [6, 6.07) is 13.7. The molecule has 4 aromatic carbocycles. The van der Waals surface area contributed by atoms with Crippen molar-refractivity contribution >= 4 is 55.2 Å². The molecule has 0 bridgehead atoms. The highest BCUT2D eigenvalue weighted by atomic mass is 35.5. The Morgan fingerprint density at radius 2 is 1.73 bits per heavy atom. The standard InChI is InChI=1S/C41H30ClF7N8O4S/c1-55-35-30(10-9-26(42)33(35)38(53-55)54-62(2,60)61)57-39(51-28-14-19(7-8-23(28)40(57)59)22-5-3-4-6-27(22)45)29(13-18-11-20(43)15-21(44)12-18)50-31(58)17-56-36-32(34(52-56)37(46)47)24-16-25(24)41(36,48)49/h3-12,14-15,24-25,29,37H,13,16-17H2,1-2H3,(H,50,58)(H,53,54)/t24-,25+,29?/m0/s1. The summed E-state index contributed by atoms with van der Waals surface area (Å²) >= 11 is 6.61. The maximum absolute atomic E-state index is 15.5. The number of aromatic nitrogens is 6.